The molecule has 0 saturated carbocycles. The number of carboxylic acids is 1. The summed E-state index contributed by atoms with van der Waals surface area (Å²) in [4.78, 5) is 11.0. The highest BCUT2D eigenvalue weighted by Crippen LogP contribution is 2.23. The van der Waals surface area contributed by atoms with E-state index in [4.69, 9.17) is 15.6 Å². The van der Waals surface area contributed by atoms with Crippen LogP contribution in [0.3, 0.4) is 0 Å². The van der Waals surface area contributed by atoms with Crippen LogP contribution in [-0.2, 0) is 4.79 Å². The Bertz CT molecular complexity index is 440. The molecule has 0 fully saturated rings. The number of hydrogen-bond donors (Lipinski definition) is 2. The molecule has 20 heavy (non-hydrogen) atoms. The minimum Gasteiger partial charge on any atom is -0.491 e. The first-order chi connectivity index (χ1) is 9.26. The molecule has 0 bridgehead atoms. The van der Waals surface area contributed by atoms with Crippen LogP contribution < -0.4 is 10.5 Å². The lowest BCUT2D eigenvalue weighted by atomic mass is 9.96. The third-order valence-corrected chi connectivity index (χ3v) is 3.60. The Morgan fingerprint density at radius 1 is 1.35 bits per heavy atom. The molecule has 0 aliphatic rings. The fourth-order valence-corrected chi connectivity index (χ4v) is 2.07. The van der Waals surface area contributed by atoms with Crippen LogP contribution in [0.4, 0.5) is 0 Å². The van der Waals surface area contributed by atoms with Gasteiger partial charge in [-0.3, -0.25) is 4.79 Å². The molecule has 1 aromatic carbocycles. The number of rotatable bonds is 7. The van der Waals surface area contributed by atoms with Gasteiger partial charge < -0.3 is 15.6 Å². The van der Waals surface area contributed by atoms with Gasteiger partial charge in [-0.2, -0.15) is 0 Å². The normalized spacial score (nSPS) is 17.1. The van der Waals surface area contributed by atoms with E-state index in [1.54, 1.807) is 0 Å². The topological polar surface area (TPSA) is 72.5 Å². The quantitative estimate of drug-likeness (QED) is 0.804. The molecule has 0 aromatic heterocycles. The van der Waals surface area contributed by atoms with Gasteiger partial charge >= 0.3 is 5.97 Å². The summed E-state index contributed by atoms with van der Waals surface area (Å²) in [6, 6.07) is 7.95. The summed E-state index contributed by atoms with van der Waals surface area (Å²) < 4.78 is 5.73. The summed E-state index contributed by atoms with van der Waals surface area (Å²) in [6.07, 6.45) is 1.10. The van der Waals surface area contributed by atoms with E-state index in [2.05, 4.69) is 26.0 Å². The van der Waals surface area contributed by atoms with Crippen LogP contribution in [0.1, 0.15) is 52.0 Å². The van der Waals surface area contributed by atoms with Gasteiger partial charge in [0.25, 0.3) is 0 Å². The van der Waals surface area contributed by atoms with Gasteiger partial charge in [0.1, 0.15) is 11.3 Å². The first-order valence-electron chi connectivity index (χ1n) is 7.05. The molecule has 3 unspecified atom stereocenters. The maximum absolute atomic E-state index is 11.0. The van der Waals surface area contributed by atoms with Gasteiger partial charge in [0.05, 0.1) is 6.10 Å². The highest BCUT2D eigenvalue weighted by atomic mass is 16.5. The zero-order chi connectivity index (χ0) is 15.3. The van der Waals surface area contributed by atoms with Crippen molar-refractivity contribution in [3.63, 3.8) is 0 Å². The molecule has 0 heterocycles. The second-order valence-corrected chi connectivity index (χ2v) is 5.73. The molecule has 0 radical (unpaired) electrons. The summed E-state index contributed by atoms with van der Waals surface area (Å²) in [5.41, 5.74) is 5.73. The summed E-state index contributed by atoms with van der Waals surface area (Å²) in [6.45, 7) is 7.67. The van der Waals surface area contributed by atoms with E-state index < -0.39 is 11.5 Å². The molecule has 0 amide bonds. The van der Waals surface area contributed by atoms with Crippen molar-refractivity contribution < 1.29 is 14.6 Å². The summed E-state index contributed by atoms with van der Waals surface area (Å²) >= 11 is 0. The molecule has 1 rings (SSSR count). The van der Waals surface area contributed by atoms with Crippen LogP contribution in [0.15, 0.2) is 24.3 Å². The average Bonchev–Trinajstić information content (AvgIpc) is 2.37. The van der Waals surface area contributed by atoms with Crippen LogP contribution in [-0.4, -0.2) is 22.7 Å². The number of carboxylic acid groups (broad SMARTS) is 1. The smallest absolute Gasteiger partial charge is 0.323 e. The Morgan fingerprint density at radius 3 is 2.35 bits per heavy atom. The second-order valence-electron chi connectivity index (χ2n) is 5.73. The molecule has 112 valence electrons. The lowest BCUT2D eigenvalue weighted by Crippen LogP contribution is -2.47. The molecule has 3 N–H and O–H groups in total. The van der Waals surface area contributed by atoms with E-state index in [0.29, 0.717) is 5.92 Å². The van der Waals surface area contributed by atoms with E-state index in [-0.39, 0.29) is 12.5 Å². The predicted molar refractivity (Wildman–Crippen MR) is 80.1 cm³/mol. The summed E-state index contributed by atoms with van der Waals surface area (Å²) in [7, 11) is 0. The van der Waals surface area contributed by atoms with Crippen LogP contribution >= 0.6 is 0 Å². The number of hydrogen-bond acceptors (Lipinski definition) is 3. The van der Waals surface area contributed by atoms with E-state index in [0.717, 1.165) is 12.2 Å². The fraction of sp³-hybridized carbons (Fsp3) is 0.562. The number of nitrogens with two attached hydrogens (primary N) is 1. The van der Waals surface area contributed by atoms with Crippen LogP contribution in [0.2, 0.25) is 0 Å². The van der Waals surface area contributed by atoms with Crippen LogP contribution in [0, 0.1) is 0 Å². The van der Waals surface area contributed by atoms with Crippen molar-refractivity contribution in [3.05, 3.63) is 29.8 Å². The van der Waals surface area contributed by atoms with Crippen molar-refractivity contribution in [1.82, 2.24) is 0 Å². The van der Waals surface area contributed by atoms with Crippen molar-refractivity contribution in [2.45, 2.75) is 58.1 Å². The van der Waals surface area contributed by atoms with Crippen molar-refractivity contribution in [2.24, 2.45) is 5.73 Å². The maximum Gasteiger partial charge on any atom is 0.323 e. The third kappa shape index (κ3) is 4.53. The third-order valence-electron chi connectivity index (χ3n) is 3.60. The monoisotopic (exact) mass is 279 g/mol. The summed E-state index contributed by atoms with van der Waals surface area (Å²) in [5.74, 6) is 0.256. The van der Waals surface area contributed by atoms with Crippen LogP contribution in [0.5, 0.6) is 5.75 Å². The lowest BCUT2D eigenvalue weighted by molar-refractivity contribution is -0.143. The number of aliphatic carboxylic acids is 1. The minimum atomic E-state index is -1.27. The van der Waals surface area contributed by atoms with Gasteiger partial charge in [-0.1, -0.05) is 26.0 Å². The number of carbonyl (C=O) groups is 1. The fourth-order valence-electron chi connectivity index (χ4n) is 2.07. The molecule has 1 aromatic rings. The van der Waals surface area contributed by atoms with Gasteiger partial charge in [-0.15, -0.1) is 0 Å². The van der Waals surface area contributed by atoms with E-state index >= 15 is 0 Å². The van der Waals surface area contributed by atoms with Gasteiger partial charge in [0.15, 0.2) is 0 Å². The lowest BCUT2D eigenvalue weighted by Gasteiger charge is -2.24. The van der Waals surface area contributed by atoms with Crippen molar-refractivity contribution in [2.75, 3.05) is 0 Å². The van der Waals surface area contributed by atoms with Gasteiger partial charge in [0.2, 0.25) is 0 Å². The SMILES string of the molecule is CCC(C)c1ccc(OC(C)CC(C)(N)C(=O)O)cc1. The molecule has 0 aliphatic carbocycles. The molecule has 4 nitrogen and oxygen atoms in total. The zero-order valence-electron chi connectivity index (χ0n) is 12.7. The van der Waals surface area contributed by atoms with Gasteiger partial charge in [-0.05, 0) is 43.9 Å². The highest BCUT2D eigenvalue weighted by molar-refractivity contribution is 5.77. The molecular weight excluding hydrogens is 254 g/mol. The maximum atomic E-state index is 11.0. The van der Waals surface area contributed by atoms with Crippen molar-refractivity contribution >= 4 is 5.97 Å². The molecule has 3 atom stereocenters. The Hall–Kier alpha value is -1.55. The number of benzene rings is 1. The first kappa shape index (κ1) is 16.5. The van der Waals surface area contributed by atoms with E-state index in [1.165, 1.54) is 12.5 Å². The molecule has 0 spiro atoms. The Balaban J connectivity index is 2.63. The molecular formula is C16H25NO3. The van der Waals surface area contributed by atoms with Crippen LogP contribution in [0.25, 0.3) is 0 Å². The van der Waals surface area contributed by atoms with Crippen molar-refractivity contribution in [3.8, 4) is 5.75 Å². The molecule has 4 heteroatoms. The second kappa shape index (κ2) is 6.75. The predicted octanol–water partition coefficient (Wildman–Crippen LogP) is 3.16. The van der Waals surface area contributed by atoms with E-state index in [9.17, 15) is 4.79 Å². The average molecular weight is 279 g/mol. The van der Waals surface area contributed by atoms with Gasteiger partial charge in [0, 0.05) is 6.42 Å². The number of ether oxygens (including phenoxy) is 1. The standard InChI is InChI=1S/C16H25NO3/c1-5-11(2)13-6-8-14(9-7-13)20-12(3)10-16(4,17)15(18)19/h6-9,11-12H,5,10,17H2,1-4H3,(H,18,19). The molecule has 0 aliphatic heterocycles. The Labute approximate surface area is 120 Å². The van der Waals surface area contributed by atoms with Gasteiger partial charge in [-0.25, -0.2) is 0 Å². The Morgan fingerprint density at radius 2 is 1.90 bits per heavy atom. The van der Waals surface area contributed by atoms with Crippen molar-refractivity contribution in [1.29, 1.82) is 0 Å². The highest BCUT2D eigenvalue weighted by Gasteiger charge is 2.30. The summed E-state index contributed by atoms with van der Waals surface area (Å²) in [5, 5.41) is 9.00. The Kier molecular flexibility index (Phi) is 5.57. The molecule has 0 saturated heterocycles. The minimum absolute atomic E-state index is 0.254. The zero-order valence-corrected chi connectivity index (χ0v) is 12.7. The first-order valence-corrected chi connectivity index (χ1v) is 7.05. The largest absolute Gasteiger partial charge is 0.491 e. The van der Waals surface area contributed by atoms with E-state index in [1.807, 2.05) is 19.1 Å².